The van der Waals surface area contributed by atoms with Crippen LogP contribution in [0.3, 0.4) is 0 Å². The normalized spacial score (nSPS) is 10.2. The third-order valence-electron chi connectivity index (χ3n) is 3.20. The van der Waals surface area contributed by atoms with E-state index in [1.807, 2.05) is 0 Å². The van der Waals surface area contributed by atoms with Crippen LogP contribution >= 0.6 is 11.6 Å². The maximum atomic E-state index is 11.2. The number of hydrogen-bond acceptors (Lipinski definition) is 5. The molecule has 0 saturated heterocycles. The minimum atomic E-state index is -1.09. The van der Waals surface area contributed by atoms with Crippen LogP contribution in [0.2, 0.25) is 5.02 Å². The molecule has 0 fully saturated rings. The van der Waals surface area contributed by atoms with Crippen molar-refractivity contribution in [2.45, 2.75) is 32.6 Å². The summed E-state index contributed by atoms with van der Waals surface area (Å²) in [5.74, 6) is -1.00. The molecule has 2 N–H and O–H groups in total. The fourth-order valence-electron chi connectivity index (χ4n) is 2.05. The standard InChI is InChI=1S/C16H22ClNO5/c1-3-23-15(19)7-5-4-6-8-18-13-10-14(22-2)11(16(20)21)9-12(13)17/h9-10,18H,3-8H2,1-2H3,(H,20,21). The van der Waals surface area contributed by atoms with E-state index in [0.29, 0.717) is 30.3 Å². The first-order valence-electron chi connectivity index (χ1n) is 7.49. The lowest BCUT2D eigenvalue weighted by Gasteiger charge is -2.12. The van der Waals surface area contributed by atoms with Gasteiger partial charge in [-0.25, -0.2) is 4.79 Å². The van der Waals surface area contributed by atoms with Crippen LogP contribution in [-0.2, 0) is 9.53 Å². The summed E-state index contributed by atoms with van der Waals surface area (Å²) in [5.41, 5.74) is 0.649. The van der Waals surface area contributed by atoms with Crippen molar-refractivity contribution in [3.05, 3.63) is 22.7 Å². The second-order valence-electron chi connectivity index (χ2n) is 4.88. The SMILES string of the molecule is CCOC(=O)CCCCCNc1cc(OC)c(C(=O)O)cc1Cl. The van der Waals surface area contributed by atoms with E-state index in [9.17, 15) is 9.59 Å². The van der Waals surface area contributed by atoms with Crippen molar-refractivity contribution < 1.29 is 24.2 Å². The fourth-order valence-corrected chi connectivity index (χ4v) is 2.28. The van der Waals surface area contributed by atoms with Crippen LogP contribution in [0.15, 0.2) is 12.1 Å². The van der Waals surface area contributed by atoms with Crippen molar-refractivity contribution in [1.29, 1.82) is 0 Å². The summed E-state index contributed by atoms with van der Waals surface area (Å²) in [7, 11) is 1.41. The van der Waals surface area contributed by atoms with Gasteiger partial charge in [0.05, 0.1) is 24.4 Å². The number of ether oxygens (including phenoxy) is 2. The Morgan fingerprint density at radius 2 is 2.00 bits per heavy atom. The Balaban J connectivity index is 2.43. The molecule has 0 aliphatic carbocycles. The molecule has 0 unspecified atom stereocenters. The number of methoxy groups -OCH3 is 1. The van der Waals surface area contributed by atoms with E-state index in [0.717, 1.165) is 19.3 Å². The molecule has 7 heteroatoms. The van der Waals surface area contributed by atoms with Crippen LogP contribution in [0.1, 0.15) is 43.0 Å². The molecule has 0 aromatic heterocycles. The molecule has 1 aromatic rings. The van der Waals surface area contributed by atoms with Crippen molar-refractivity contribution in [3.63, 3.8) is 0 Å². The van der Waals surface area contributed by atoms with Gasteiger partial charge in [0, 0.05) is 19.0 Å². The van der Waals surface area contributed by atoms with E-state index in [4.69, 9.17) is 26.2 Å². The first-order valence-corrected chi connectivity index (χ1v) is 7.87. The highest BCUT2D eigenvalue weighted by Gasteiger charge is 2.14. The second-order valence-corrected chi connectivity index (χ2v) is 5.29. The topological polar surface area (TPSA) is 84.9 Å². The van der Waals surface area contributed by atoms with Gasteiger partial charge in [0.25, 0.3) is 0 Å². The largest absolute Gasteiger partial charge is 0.496 e. The predicted octanol–water partition coefficient (Wildman–Crippen LogP) is 3.58. The van der Waals surface area contributed by atoms with Crippen LogP contribution in [0.5, 0.6) is 5.75 Å². The molecule has 0 spiro atoms. The molecule has 128 valence electrons. The minimum absolute atomic E-state index is 0.0255. The van der Waals surface area contributed by atoms with E-state index in [1.54, 1.807) is 13.0 Å². The second kappa shape index (κ2) is 9.94. The number of esters is 1. The number of carboxylic acids is 1. The van der Waals surface area contributed by atoms with Crippen LogP contribution in [0.25, 0.3) is 0 Å². The quantitative estimate of drug-likeness (QED) is 0.499. The van der Waals surface area contributed by atoms with E-state index >= 15 is 0 Å². The number of halogens is 1. The highest BCUT2D eigenvalue weighted by atomic mass is 35.5. The zero-order valence-corrected chi connectivity index (χ0v) is 14.1. The van der Waals surface area contributed by atoms with Gasteiger partial charge in [-0.05, 0) is 25.8 Å². The molecule has 6 nitrogen and oxygen atoms in total. The summed E-state index contributed by atoms with van der Waals surface area (Å²) < 4.78 is 9.92. The summed E-state index contributed by atoms with van der Waals surface area (Å²) in [6.45, 7) is 2.86. The van der Waals surface area contributed by atoms with Crippen LogP contribution in [0.4, 0.5) is 5.69 Å². The fraction of sp³-hybridized carbons (Fsp3) is 0.500. The Morgan fingerprint density at radius 3 is 2.61 bits per heavy atom. The first kappa shape index (κ1) is 19.1. The monoisotopic (exact) mass is 343 g/mol. The number of unbranched alkanes of at least 4 members (excludes halogenated alkanes) is 2. The van der Waals surface area contributed by atoms with Gasteiger partial charge in [0.1, 0.15) is 11.3 Å². The zero-order valence-electron chi connectivity index (χ0n) is 13.4. The first-order chi connectivity index (χ1) is 11.0. The Labute approximate surface area is 140 Å². The summed E-state index contributed by atoms with van der Waals surface area (Å²) in [6.07, 6.45) is 2.94. The highest BCUT2D eigenvalue weighted by molar-refractivity contribution is 6.33. The van der Waals surface area contributed by atoms with Crippen molar-refractivity contribution in [3.8, 4) is 5.75 Å². The maximum Gasteiger partial charge on any atom is 0.339 e. The molecular formula is C16H22ClNO5. The molecule has 0 amide bonds. The maximum absolute atomic E-state index is 11.2. The number of carboxylic acid groups (broad SMARTS) is 1. The highest BCUT2D eigenvalue weighted by Crippen LogP contribution is 2.31. The minimum Gasteiger partial charge on any atom is -0.496 e. The molecular weight excluding hydrogens is 322 g/mol. The number of hydrogen-bond donors (Lipinski definition) is 2. The molecule has 0 bridgehead atoms. The number of rotatable bonds is 10. The van der Waals surface area contributed by atoms with Gasteiger partial charge in [-0.1, -0.05) is 18.0 Å². The molecule has 0 aliphatic rings. The lowest BCUT2D eigenvalue weighted by atomic mass is 10.1. The van der Waals surface area contributed by atoms with Gasteiger partial charge >= 0.3 is 11.9 Å². The van der Waals surface area contributed by atoms with Crippen LogP contribution < -0.4 is 10.1 Å². The van der Waals surface area contributed by atoms with Gasteiger partial charge in [-0.2, -0.15) is 0 Å². The molecule has 0 heterocycles. The van der Waals surface area contributed by atoms with Gasteiger partial charge in [0.2, 0.25) is 0 Å². The molecule has 0 aliphatic heterocycles. The number of aromatic carboxylic acids is 1. The third kappa shape index (κ3) is 6.36. The Hall–Kier alpha value is -1.95. The van der Waals surface area contributed by atoms with E-state index in [2.05, 4.69) is 5.32 Å². The molecule has 23 heavy (non-hydrogen) atoms. The lowest BCUT2D eigenvalue weighted by Crippen LogP contribution is -2.06. The van der Waals surface area contributed by atoms with Gasteiger partial charge in [-0.3, -0.25) is 4.79 Å². The summed E-state index contributed by atoms with van der Waals surface area (Å²) in [4.78, 5) is 22.3. The number of carbonyl (C=O) groups excluding carboxylic acids is 1. The van der Waals surface area contributed by atoms with Crippen molar-refractivity contribution in [2.75, 3.05) is 25.6 Å². The van der Waals surface area contributed by atoms with Crippen molar-refractivity contribution in [1.82, 2.24) is 0 Å². The smallest absolute Gasteiger partial charge is 0.339 e. The third-order valence-corrected chi connectivity index (χ3v) is 3.51. The average Bonchev–Trinajstić information content (AvgIpc) is 2.51. The summed E-state index contributed by atoms with van der Waals surface area (Å²) >= 11 is 6.08. The Kier molecular flexibility index (Phi) is 8.26. The van der Waals surface area contributed by atoms with Crippen molar-refractivity contribution >= 4 is 29.2 Å². The van der Waals surface area contributed by atoms with E-state index in [1.165, 1.54) is 13.2 Å². The summed E-state index contributed by atoms with van der Waals surface area (Å²) in [6, 6.07) is 2.94. The number of benzene rings is 1. The molecule has 0 radical (unpaired) electrons. The molecule has 1 rings (SSSR count). The van der Waals surface area contributed by atoms with Gasteiger partial charge in [-0.15, -0.1) is 0 Å². The predicted molar refractivity (Wildman–Crippen MR) is 88.6 cm³/mol. The van der Waals surface area contributed by atoms with Crippen LogP contribution in [-0.4, -0.2) is 37.3 Å². The molecule has 1 aromatic carbocycles. The zero-order chi connectivity index (χ0) is 17.2. The number of anilines is 1. The van der Waals surface area contributed by atoms with Gasteiger partial charge < -0.3 is 19.9 Å². The lowest BCUT2D eigenvalue weighted by molar-refractivity contribution is -0.143. The van der Waals surface area contributed by atoms with Gasteiger partial charge in [0.15, 0.2) is 0 Å². The Bertz CT molecular complexity index is 548. The van der Waals surface area contributed by atoms with Crippen molar-refractivity contribution in [2.24, 2.45) is 0 Å². The molecule has 0 saturated carbocycles. The Morgan fingerprint density at radius 1 is 1.26 bits per heavy atom. The van der Waals surface area contributed by atoms with Crippen LogP contribution in [0, 0.1) is 0 Å². The number of nitrogens with one attached hydrogen (secondary N) is 1. The van der Waals surface area contributed by atoms with E-state index in [-0.39, 0.29) is 17.3 Å². The molecule has 0 atom stereocenters. The summed E-state index contributed by atoms with van der Waals surface area (Å²) in [5, 5.41) is 12.5. The average molecular weight is 344 g/mol. The van der Waals surface area contributed by atoms with E-state index < -0.39 is 5.97 Å². The number of carbonyl (C=O) groups is 2.